The van der Waals surface area contributed by atoms with Gasteiger partial charge in [0.25, 0.3) is 18.3 Å². The number of aromatic nitrogens is 2. The SMILES string of the molecule is Cc1ccc(C(N)N(C)N(N)C2CC(F)(F)C2)cc1NC(=O)c1cnc2ccc(N3CC4(C3)CC(O)(C(F)F)C4)cn12. The van der Waals surface area contributed by atoms with Crippen LogP contribution in [0.15, 0.2) is 42.7 Å². The summed E-state index contributed by atoms with van der Waals surface area (Å²) >= 11 is 0. The Bertz CT molecular complexity index is 1510. The lowest BCUT2D eigenvalue weighted by Gasteiger charge is -2.62. The van der Waals surface area contributed by atoms with Gasteiger partial charge in [-0.3, -0.25) is 15.0 Å². The number of hydrazine groups is 2. The average molecular weight is 591 g/mol. The molecule has 3 fully saturated rings. The van der Waals surface area contributed by atoms with Gasteiger partial charge < -0.3 is 21.1 Å². The van der Waals surface area contributed by atoms with Gasteiger partial charge in [-0.2, -0.15) is 5.12 Å². The van der Waals surface area contributed by atoms with Gasteiger partial charge >= 0.3 is 0 Å². The predicted molar refractivity (Wildman–Crippen MR) is 148 cm³/mol. The van der Waals surface area contributed by atoms with Gasteiger partial charge in [-0.25, -0.2) is 27.6 Å². The van der Waals surface area contributed by atoms with E-state index in [4.69, 9.17) is 11.6 Å². The van der Waals surface area contributed by atoms with Crippen molar-refractivity contribution in [2.45, 2.75) is 62.8 Å². The van der Waals surface area contributed by atoms with E-state index in [0.29, 0.717) is 35.7 Å². The molecule has 10 nitrogen and oxygen atoms in total. The molecular weight excluding hydrogens is 556 g/mol. The van der Waals surface area contributed by atoms with Crippen LogP contribution in [0.5, 0.6) is 0 Å². The Morgan fingerprint density at radius 3 is 2.52 bits per heavy atom. The standard InChI is InChI=1S/C28H34F4N8O2/c1-16-3-4-17(23(33)37(2)40(34)19-8-28(31,32)9-19)7-20(16)36-24(41)21-10-35-22-6-5-18(11-39(21)22)38-14-26(15-38)12-27(42,13-26)25(29)30/h3-7,10-11,19,23,25,42H,8-9,12-15,33-34H2,1-2H3,(H,36,41). The number of hydrogen-bond donors (Lipinski definition) is 4. The highest BCUT2D eigenvalue weighted by atomic mass is 19.3. The molecule has 2 aromatic heterocycles. The summed E-state index contributed by atoms with van der Waals surface area (Å²) < 4.78 is 54.5. The molecule has 2 saturated carbocycles. The number of alkyl halides is 4. The number of nitrogens with zero attached hydrogens (tertiary/aromatic N) is 5. The highest BCUT2D eigenvalue weighted by Crippen LogP contribution is 2.56. The topological polar surface area (TPSA) is 128 Å². The minimum atomic E-state index is -2.75. The number of nitrogens with one attached hydrogen (secondary N) is 1. The fourth-order valence-electron chi connectivity index (χ4n) is 6.47. The summed E-state index contributed by atoms with van der Waals surface area (Å²) in [6.45, 7) is 2.93. The molecule has 1 atom stereocenters. The van der Waals surface area contributed by atoms with Crippen LogP contribution in [-0.4, -0.2) is 74.7 Å². The Hall–Kier alpha value is -3.30. The molecule has 6 N–H and O–H groups in total. The number of nitrogens with two attached hydrogens (primary N) is 2. The van der Waals surface area contributed by atoms with E-state index in [2.05, 4.69) is 10.3 Å². The van der Waals surface area contributed by atoms with Crippen molar-refractivity contribution in [2.24, 2.45) is 17.0 Å². The molecule has 1 aromatic carbocycles. The van der Waals surface area contributed by atoms with Crippen LogP contribution in [0, 0.1) is 12.3 Å². The summed E-state index contributed by atoms with van der Waals surface area (Å²) in [6.07, 6.45) is -0.754. The van der Waals surface area contributed by atoms with Crippen molar-refractivity contribution in [3.05, 3.63) is 59.5 Å². The normalized spacial score (nSPS) is 21.5. The summed E-state index contributed by atoms with van der Waals surface area (Å²) in [5.41, 5.74) is 7.81. The molecule has 1 aliphatic heterocycles. The first-order valence-corrected chi connectivity index (χ1v) is 13.7. The van der Waals surface area contributed by atoms with Crippen LogP contribution in [0.3, 0.4) is 0 Å². The zero-order valence-electron chi connectivity index (χ0n) is 23.3. The molecule has 1 amide bonds. The predicted octanol–water partition coefficient (Wildman–Crippen LogP) is 3.27. The summed E-state index contributed by atoms with van der Waals surface area (Å²) in [4.78, 5) is 19.8. The maximum atomic E-state index is 13.4. The number of hydrogen-bond acceptors (Lipinski definition) is 8. The lowest BCUT2D eigenvalue weighted by molar-refractivity contribution is -0.209. The van der Waals surface area contributed by atoms with Crippen LogP contribution in [-0.2, 0) is 0 Å². The average Bonchev–Trinajstić information content (AvgIpc) is 3.31. The Kier molecular flexibility index (Phi) is 6.77. The first-order chi connectivity index (χ1) is 19.7. The Morgan fingerprint density at radius 2 is 1.88 bits per heavy atom. The minimum absolute atomic E-state index is 0.0762. The number of anilines is 2. The molecule has 6 rings (SSSR count). The quantitative estimate of drug-likeness (QED) is 0.136. The number of benzene rings is 1. The maximum absolute atomic E-state index is 13.4. The van der Waals surface area contributed by atoms with Gasteiger partial charge in [0.15, 0.2) is 0 Å². The number of carbonyl (C=O) groups excluding carboxylic acids is 1. The highest BCUT2D eigenvalue weighted by Gasteiger charge is 2.63. The largest absolute Gasteiger partial charge is 0.384 e. The zero-order valence-corrected chi connectivity index (χ0v) is 23.3. The number of halogens is 4. The van der Waals surface area contributed by atoms with Crippen molar-refractivity contribution in [1.29, 1.82) is 0 Å². The first-order valence-electron chi connectivity index (χ1n) is 13.7. The maximum Gasteiger partial charge on any atom is 0.274 e. The fourth-order valence-corrected chi connectivity index (χ4v) is 6.47. The number of pyridine rings is 1. The van der Waals surface area contributed by atoms with E-state index in [1.807, 2.05) is 17.9 Å². The number of aryl methyl sites for hydroxylation is 1. The zero-order chi connectivity index (χ0) is 30.2. The summed E-state index contributed by atoms with van der Waals surface area (Å²) in [5, 5.41) is 15.6. The second-order valence-corrected chi connectivity index (χ2v) is 12.2. The van der Waals surface area contributed by atoms with Crippen LogP contribution < -0.4 is 21.8 Å². The second-order valence-electron chi connectivity index (χ2n) is 12.2. The van der Waals surface area contributed by atoms with Crippen LogP contribution in [0.25, 0.3) is 5.65 Å². The van der Waals surface area contributed by atoms with Crippen LogP contribution in [0.2, 0.25) is 0 Å². The Balaban J connectivity index is 1.14. The molecule has 0 bridgehead atoms. The van der Waals surface area contributed by atoms with Crippen molar-refractivity contribution in [2.75, 3.05) is 30.4 Å². The highest BCUT2D eigenvalue weighted by molar-refractivity contribution is 6.04. The van der Waals surface area contributed by atoms with E-state index in [-0.39, 0.29) is 31.1 Å². The Morgan fingerprint density at radius 1 is 1.19 bits per heavy atom. The number of rotatable bonds is 8. The van der Waals surface area contributed by atoms with E-state index in [1.54, 1.807) is 41.9 Å². The van der Waals surface area contributed by atoms with Gasteiger partial charge in [-0.05, 0) is 49.1 Å². The minimum Gasteiger partial charge on any atom is -0.384 e. The molecule has 3 heterocycles. The first kappa shape index (κ1) is 28.8. The third-order valence-corrected chi connectivity index (χ3v) is 8.97. The van der Waals surface area contributed by atoms with E-state index >= 15 is 0 Å². The number of amides is 1. The summed E-state index contributed by atoms with van der Waals surface area (Å²) in [5.74, 6) is 2.95. The lowest BCUT2D eigenvalue weighted by atomic mass is 9.55. The molecular formula is C28H34F4N8O2. The molecule has 42 heavy (non-hydrogen) atoms. The van der Waals surface area contributed by atoms with Crippen molar-refractivity contribution in [3.63, 3.8) is 0 Å². The van der Waals surface area contributed by atoms with Crippen LogP contribution in [0.4, 0.5) is 28.9 Å². The summed E-state index contributed by atoms with van der Waals surface area (Å²) in [7, 11) is 1.62. The van der Waals surface area contributed by atoms with Gasteiger partial charge in [-0.15, -0.1) is 0 Å². The monoisotopic (exact) mass is 590 g/mol. The van der Waals surface area contributed by atoms with Gasteiger partial charge in [-0.1, -0.05) is 12.1 Å². The number of carbonyl (C=O) groups is 1. The molecule has 0 radical (unpaired) electrons. The van der Waals surface area contributed by atoms with Gasteiger partial charge in [0, 0.05) is 50.3 Å². The van der Waals surface area contributed by atoms with Crippen molar-refractivity contribution >= 4 is 22.9 Å². The van der Waals surface area contributed by atoms with E-state index < -0.39 is 36.1 Å². The molecule has 226 valence electrons. The second kappa shape index (κ2) is 9.88. The van der Waals surface area contributed by atoms with E-state index in [9.17, 15) is 27.5 Å². The molecule has 14 heteroatoms. The fraction of sp³-hybridized carbons (Fsp3) is 0.500. The number of aliphatic hydroxyl groups is 1. The third-order valence-electron chi connectivity index (χ3n) is 8.97. The Labute approximate surface area is 239 Å². The summed E-state index contributed by atoms with van der Waals surface area (Å²) in [6, 6.07) is 8.46. The van der Waals surface area contributed by atoms with Crippen molar-refractivity contribution in [1.82, 2.24) is 19.5 Å². The van der Waals surface area contributed by atoms with Gasteiger partial charge in [0.1, 0.15) is 16.9 Å². The molecule has 3 aromatic rings. The number of fused-ring (bicyclic) bond motifs is 1. The molecule has 1 spiro atoms. The van der Waals surface area contributed by atoms with E-state index in [1.165, 1.54) is 16.3 Å². The van der Waals surface area contributed by atoms with Gasteiger partial charge in [0.2, 0.25) is 0 Å². The molecule has 3 aliphatic rings. The van der Waals surface area contributed by atoms with Crippen LogP contribution >= 0.6 is 0 Å². The van der Waals surface area contributed by atoms with E-state index in [0.717, 1.165) is 11.3 Å². The van der Waals surface area contributed by atoms with Crippen LogP contribution in [0.1, 0.15) is 53.5 Å². The lowest BCUT2D eigenvalue weighted by Crippen LogP contribution is -2.70. The van der Waals surface area contributed by atoms with Gasteiger partial charge in [0.05, 0.1) is 24.1 Å². The molecule has 2 aliphatic carbocycles. The smallest absolute Gasteiger partial charge is 0.274 e. The van der Waals surface area contributed by atoms with Crippen molar-refractivity contribution in [3.8, 4) is 0 Å². The number of imidazole rings is 1. The molecule has 1 unspecified atom stereocenters. The third kappa shape index (κ3) is 4.90. The molecule has 1 saturated heterocycles. The van der Waals surface area contributed by atoms with Crippen molar-refractivity contribution < 1.29 is 27.5 Å².